The SMILES string of the molecule is NC(=NC[C@@H](O)c1ccc(Cl)cc1)N1CCC1. The molecule has 17 heavy (non-hydrogen) atoms. The lowest BCUT2D eigenvalue weighted by Crippen LogP contribution is -2.46. The van der Waals surface area contributed by atoms with E-state index < -0.39 is 6.10 Å². The van der Waals surface area contributed by atoms with Gasteiger partial charge in [0.1, 0.15) is 0 Å². The highest BCUT2D eigenvalue weighted by atomic mass is 35.5. The average Bonchev–Trinajstić information content (AvgIpc) is 2.24. The molecule has 92 valence electrons. The normalized spacial score (nSPS) is 17.8. The molecule has 1 saturated heterocycles. The van der Waals surface area contributed by atoms with Crippen LogP contribution in [0.3, 0.4) is 0 Å². The summed E-state index contributed by atoms with van der Waals surface area (Å²) in [6, 6.07) is 7.09. The van der Waals surface area contributed by atoms with Crippen LogP contribution >= 0.6 is 11.6 Å². The summed E-state index contributed by atoms with van der Waals surface area (Å²) in [5.41, 5.74) is 6.57. The fourth-order valence-corrected chi connectivity index (χ4v) is 1.74. The summed E-state index contributed by atoms with van der Waals surface area (Å²) in [6.07, 6.45) is 0.530. The highest BCUT2D eigenvalue weighted by Gasteiger charge is 2.16. The highest BCUT2D eigenvalue weighted by molar-refractivity contribution is 6.30. The van der Waals surface area contributed by atoms with Gasteiger partial charge in [0.05, 0.1) is 12.6 Å². The molecule has 1 aromatic rings. The zero-order chi connectivity index (χ0) is 12.3. The largest absolute Gasteiger partial charge is 0.386 e. The van der Waals surface area contributed by atoms with Crippen molar-refractivity contribution in [3.8, 4) is 0 Å². The summed E-state index contributed by atoms with van der Waals surface area (Å²) in [5, 5.41) is 10.6. The molecule has 1 aliphatic heterocycles. The second-order valence-corrected chi connectivity index (χ2v) is 4.54. The van der Waals surface area contributed by atoms with E-state index in [1.165, 1.54) is 0 Å². The van der Waals surface area contributed by atoms with E-state index >= 15 is 0 Å². The van der Waals surface area contributed by atoms with Crippen molar-refractivity contribution < 1.29 is 5.11 Å². The summed E-state index contributed by atoms with van der Waals surface area (Å²) in [6.45, 7) is 2.21. The Bertz CT molecular complexity index is 401. The van der Waals surface area contributed by atoms with Gasteiger partial charge in [-0.1, -0.05) is 23.7 Å². The minimum absolute atomic E-state index is 0.282. The molecule has 1 heterocycles. The molecule has 1 atom stereocenters. The number of halogens is 1. The molecule has 0 radical (unpaired) electrons. The number of aliphatic hydroxyl groups is 1. The second kappa shape index (κ2) is 5.38. The number of hydrogen-bond donors (Lipinski definition) is 2. The molecule has 2 rings (SSSR count). The van der Waals surface area contributed by atoms with Gasteiger partial charge in [-0.25, -0.2) is 0 Å². The summed E-state index contributed by atoms with van der Waals surface area (Å²) in [7, 11) is 0. The first-order valence-corrected chi connectivity index (χ1v) is 6.03. The summed E-state index contributed by atoms with van der Waals surface area (Å²) in [4.78, 5) is 6.18. The van der Waals surface area contributed by atoms with Crippen LogP contribution in [-0.2, 0) is 0 Å². The molecule has 0 bridgehead atoms. The average molecular weight is 254 g/mol. The number of nitrogens with two attached hydrogens (primary N) is 1. The van der Waals surface area contributed by atoms with Gasteiger partial charge < -0.3 is 15.7 Å². The molecule has 1 aliphatic rings. The number of nitrogens with zero attached hydrogens (tertiary/aromatic N) is 2. The van der Waals surface area contributed by atoms with Gasteiger partial charge in [-0.2, -0.15) is 0 Å². The first kappa shape index (κ1) is 12.2. The predicted molar refractivity (Wildman–Crippen MR) is 69.1 cm³/mol. The molecule has 0 saturated carbocycles. The predicted octanol–water partition coefficient (Wildman–Crippen LogP) is 1.39. The van der Waals surface area contributed by atoms with Crippen molar-refractivity contribution in [3.63, 3.8) is 0 Å². The van der Waals surface area contributed by atoms with Crippen molar-refractivity contribution >= 4 is 17.6 Å². The van der Waals surface area contributed by atoms with Gasteiger partial charge in [-0.05, 0) is 24.1 Å². The molecular weight excluding hydrogens is 238 g/mol. The van der Waals surface area contributed by atoms with E-state index in [1.54, 1.807) is 24.3 Å². The molecular formula is C12H16ClN3O. The number of rotatable bonds is 3. The van der Waals surface area contributed by atoms with Crippen LogP contribution in [-0.4, -0.2) is 35.6 Å². The van der Waals surface area contributed by atoms with E-state index in [0.29, 0.717) is 11.0 Å². The van der Waals surface area contributed by atoms with E-state index in [9.17, 15) is 5.11 Å². The van der Waals surface area contributed by atoms with E-state index in [4.69, 9.17) is 17.3 Å². The number of hydrogen-bond acceptors (Lipinski definition) is 2. The molecule has 0 amide bonds. The number of benzene rings is 1. The van der Waals surface area contributed by atoms with E-state index in [0.717, 1.165) is 25.1 Å². The lowest BCUT2D eigenvalue weighted by Gasteiger charge is -2.31. The Morgan fingerprint density at radius 2 is 2.06 bits per heavy atom. The van der Waals surface area contributed by atoms with Crippen LogP contribution in [0.1, 0.15) is 18.1 Å². The van der Waals surface area contributed by atoms with Crippen molar-refractivity contribution in [1.29, 1.82) is 0 Å². The minimum Gasteiger partial charge on any atom is -0.386 e. The molecule has 1 aromatic carbocycles. The maximum absolute atomic E-state index is 9.91. The Kier molecular flexibility index (Phi) is 3.86. The van der Waals surface area contributed by atoms with E-state index in [1.807, 2.05) is 4.90 Å². The van der Waals surface area contributed by atoms with Gasteiger partial charge in [-0.3, -0.25) is 4.99 Å². The monoisotopic (exact) mass is 253 g/mol. The number of likely N-dealkylation sites (tertiary alicyclic amines) is 1. The highest BCUT2D eigenvalue weighted by Crippen LogP contribution is 2.16. The van der Waals surface area contributed by atoms with Gasteiger partial charge in [0.15, 0.2) is 5.96 Å². The summed E-state index contributed by atoms with van der Waals surface area (Å²) >= 11 is 5.78. The molecule has 5 heteroatoms. The van der Waals surface area contributed by atoms with Crippen LogP contribution in [0.2, 0.25) is 5.02 Å². The van der Waals surface area contributed by atoms with Crippen LogP contribution in [0, 0.1) is 0 Å². The summed E-state index contributed by atoms with van der Waals surface area (Å²) in [5.74, 6) is 0.518. The molecule has 4 nitrogen and oxygen atoms in total. The molecule has 0 aromatic heterocycles. The van der Waals surface area contributed by atoms with Crippen molar-refractivity contribution in [1.82, 2.24) is 4.90 Å². The van der Waals surface area contributed by atoms with Crippen LogP contribution < -0.4 is 5.73 Å². The number of aliphatic hydroxyl groups excluding tert-OH is 1. The maximum atomic E-state index is 9.91. The topological polar surface area (TPSA) is 61.9 Å². The van der Waals surface area contributed by atoms with Gasteiger partial charge in [0, 0.05) is 18.1 Å². The third-order valence-corrected chi connectivity index (χ3v) is 3.11. The number of guanidine groups is 1. The minimum atomic E-state index is -0.632. The standard InChI is InChI=1S/C12H16ClN3O/c13-10-4-2-9(3-5-10)11(17)8-15-12(14)16-6-1-7-16/h2-5,11,17H,1,6-8H2,(H2,14,15)/t11-/m1/s1. The Hall–Kier alpha value is -1.26. The van der Waals surface area contributed by atoms with Crippen molar-refractivity contribution in [2.45, 2.75) is 12.5 Å². The van der Waals surface area contributed by atoms with Crippen molar-refractivity contribution in [2.24, 2.45) is 10.7 Å². The molecule has 0 unspecified atom stereocenters. The van der Waals surface area contributed by atoms with Gasteiger partial charge >= 0.3 is 0 Å². The van der Waals surface area contributed by atoms with Crippen LogP contribution in [0.25, 0.3) is 0 Å². The fourth-order valence-electron chi connectivity index (χ4n) is 1.62. The maximum Gasteiger partial charge on any atom is 0.191 e. The third-order valence-electron chi connectivity index (χ3n) is 2.86. The quantitative estimate of drug-likeness (QED) is 0.632. The lowest BCUT2D eigenvalue weighted by atomic mass is 10.1. The molecule has 0 aliphatic carbocycles. The molecule has 0 spiro atoms. The van der Waals surface area contributed by atoms with Crippen molar-refractivity contribution in [2.75, 3.05) is 19.6 Å². The van der Waals surface area contributed by atoms with Crippen molar-refractivity contribution in [3.05, 3.63) is 34.9 Å². The summed E-state index contributed by atoms with van der Waals surface area (Å²) < 4.78 is 0. The Morgan fingerprint density at radius 3 is 2.59 bits per heavy atom. The zero-order valence-electron chi connectivity index (χ0n) is 9.51. The second-order valence-electron chi connectivity index (χ2n) is 4.11. The smallest absolute Gasteiger partial charge is 0.191 e. The fraction of sp³-hybridized carbons (Fsp3) is 0.417. The first-order chi connectivity index (χ1) is 8.16. The van der Waals surface area contributed by atoms with Gasteiger partial charge in [0.2, 0.25) is 0 Å². The Labute approximate surface area is 106 Å². The lowest BCUT2D eigenvalue weighted by molar-refractivity contribution is 0.186. The van der Waals surface area contributed by atoms with E-state index in [2.05, 4.69) is 4.99 Å². The van der Waals surface area contributed by atoms with Crippen LogP contribution in [0.4, 0.5) is 0 Å². The zero-order valence-corrected chi connectivity index (χ0v) is 10.3. The Balaban J connectivity index is 1.92. The van der Waals surface area contributed by atoms with E-state index in [-0.39, 0.29) is 6.54 Å². The number of aliphatic imine (C=N–C) groups is 1. The van der Waals surface area contributed by atoms with Crippen LogP contribution in [0.5, 0.6) is 0 Å². The van der Waals surface area contributed by atoms with Gasteiger partial charge in [0.25, 0.3) is 0 Å². The Morgan fingerprint density at radius 1 is 1.41 bits per heavy atom. The van der Waals surface area contributed by atoms with Gasteiger partial charge in [-0.15, -0.1) is 0 Å². The third kappa shape index (κ3) is 3.11. The van der Waals surface area contributed by atoms with Crippen LogP contribution in [0.15, 0.2) is 29.3 Å². The first-order valence-electron chi connectivity index (χ1n) is 5.65. The molecule has 3 N–H and O–H groups in total. The molecule has 1 fully saturated rings.